The Balaban J connectivity index is 1.45. The average Bonchev–Trinajstić information content (AvgIpc) is 3.15. The molecule has 1 aromatic heterocycles. The first-order chi connectivity index (χ1) is 12.2. The van der Waals surface area contributed by atoms with Gasteiger partial charge in [0.1, 0.15) is 0 Å². The molecule has 1 aromatic carbocycles. The number of amides is 1. The van der Waals surface area contributed by atoms with Gasteiger partial charge in [-0.2, -0.15) is 0 Å². The number of carbonyl (C=O) groups excluding carboxylic acids is 1. The summed E-state index contributed by atoms with van der Waals surface area (Å²) in [5.74, 6) is 7.37. The predicted octanol–water partition coefficient (Wildman–Crippen LogP) is 1.08. The summed E-state index contributed by atoms with van der Waals surface area (Å²) in [4.78, 5) is 13.7. The van der Waals surface area contributed by atoms with Crippen molar-refractivity contribution in [3.05, 3.63) is 30.3 Å². The Morgan fingerprint density at radius 2 is 1.92 bits per heavy atom. The average molecular weight is 341 g/mol. The largest absolute Gasteiger partial charge is 0.454 e. The lowest BCUT2D eigenvalue weighted by atomic mass is 9.96. The molecule has 3 heterocycles. The smallest absolute Gasteiger partial charge is 0.237 e. The molecule has 8 heteroatoms. The maximum absolute atomic E-state index is 11.6. The van der Waals surface area contributed by atoms with Gasteiger partial charge in [-0.25, -0.2) is 5.84 Å². The Bertz CT molecular complexity index is 772. The number of nitrogens with two attached hydrogens (primary N) is 1. The number of nitrogens with zero attached hydrogens (tertiary/aromatic N) is 3. The zero-order chi connectivity index (χ0) is 17.2. The lowest BCUT2D eigenvalue weighted by Gasteiger charge is -2.31. The standard InChI is InChI=1S/C17H19N5O3/c18-19-17(23)11-5-7-22(8-6-11)16-4-2-13(20-21-16)12-1-3-14-15(9-12)25-10-24-14/h1-4,9,11H,5-8,10,18H2,(H,19,23). The van der Waals surface area contributed by atoms with E-state index in [1.54, 1.807) is 0 Å². The van der Waals surface area contributed by atoms with Gasteiger partial charge in [0.25, 0.3) is 0 Å². The number of rotatable bonds is 3. The van der Waals surface area contributed by atoms with Crippen LogP contribution >= 0.6 is 0 Å². The first kappa shape index (κ1) is 15.6. The fraction of sp³-hybridized carbons (Fsp3) is 0.353. The highest BCUT2D eigenvalue weighted by Gasteiger charge is 2.25. The molecule has 0 unspecified atom stereocenters. The molecule has 0 atom stereocenters. The Morgan fingerprint density at radius 3 is 2.64 bits per heavy atom. The highest BCUT2D eigenvalue weighted by atomic mass is 16.7. The Hall–Kier alpha value is -2.87. The van der Waals surface area contributed by atoms with Crippen molar-refractivity contribution >= 4 is 11.7 Å². The number of anilines is 1. The molecule has 1 fully saturated rings. The van der Waals surface area contributed by atoms with E-state index in [0.717, 1.165) is 54.5 Å². The van der Waals surface area contributed by atoms with E-state index in [-0.39, 0.29) is 18.6 Å². The maximum Gasteiger partial charge on any atom is 0.237 e. The first-order valence-corrected chi connectivity index (χ1v) is 8.24. The van der Waals surface area contributed by atoms with E-state index in [2.05, 4.69) is 20.5 Å². The zero-order valence-electron chi connectivity index (χ0n) is 13.6. The summed E-state index contributed by atoms with van der Waals surface area (Å²) < 4.78 is 10.7. The number of fused-ring (bicyclic) bond motifs is 1. The quantitative estimate of drug-likeness (QED) is 0.489. The van der Waals surface area contributed by atoms with Gasteiger partial charge in [-0.1, -0.05) is 0 Å². The first-order valence-electron chi connectivity index (χ1n) is 8.24. The molecule has 1 amide bonds. The normalized spacial score (nSPS) is 16.8. The van der Waals surface area contributed by atoms with Gasteiger partial charge in [0.2, 0.25) is 12.7 Å². The molecule has 3 N–H and O–H groups in total. The van der Waals surface area contributed by atoms with Crippen molar-refractivity contribution in [2.75, 3.05) is 24.8 Å². The van der Waals surface area contributed by atoms with Crippen LogP contribution in [-0.2, 0) is 4.79 Å². The summed E-state index contributed by atoms with van der Waals surface area (Å²) in [7, 11) is 0. The molecular formula is C17H19N5O3. The van der Waals surface area contributed by atoms with E-state index >= 15 is 0 Å². The van der Waals surface area contributed by atoms with Crippen LogP contribution in [0, 0.1) is 5.92 Å². The molecule has 0 spiro atoms. The minimum atomic E-state index is -0.0936. The second-order valence-corrected chi connectivity index (χ2v) is 6.11. The zero-order valence-corrected chi connectivity index (χ0v) is 13.6. The van der Waals surface area contributed by atoms with Crippen LogP contribution in [0.4, 0.5) is 5.82 Å². The molecule has 2 aromatic rings. The summed E-state index contributed by atoms with van der Waals surface area (Å²) >= 11 is 0. The van der Waals surface area contributed by atoms with Crippen molar-refractivity contribution in [1.82, 2.24) is 15.6 Å². The predicted molar refractivity (Wildman–Crippen MR) is 90.9 cm³/mol. The second kappa shape index (κ2) is 6.56. The number of nitrogens with one attached hydrogen (secondary N) is 1. The third kappa shape index (κ3) is 3.08. The van der Waals surface area contributed by atoms with E-state index in [0.29, 0.717) is 0 Å². The third-order valence-electron chi connectivity index (χ3n) is 4.65. The number of benzene rings is 1. The number of ether oxygens (including phenoxy) is 2. The van der Waals surface area contributed by atoms with Gasteiger partial charge in [-0.05, 0) is 43.2 Å². The molecule has 1 saturated heterocycles. The molecule has 2 aliphatic rings. The number of aromatic nitrogens is 2. The third-order valence-corrected chi connectivity index (χ3v) is 4.65. The molecule has 0 radical (unpaired) electrons. The fourth-order valence-corrected chi connectivity index (χ4v) is 3.19. The molecule has 130 valence electrons. The number of carbonyl (C=O) groups is 1. The highest BCUT2D eigenvalue weighted by molar-refractivity contribution is 5.78. The van der Waals surface area contributed by atoms with Gasteiger partial charge >= 0.3 is 0 Å². The van der Waals surface area contributed by atoms with Crippen molar-refractivity contribution in [3.8, 4) is 22.8 Å². The van der Waals surface area contributed by atoms with Crippen molar-refractivity contribution < 1.29 is 14.3 Å². The minimum Gasteiger partial charge on any atom is -0.454 e. The van der Waals surface area contributed by atoms with Crippen LogP contribution in [0.2, 0.25) is 0 Å². The van der Waals surface area contributed by atoms with Gasteiger partial charge in [0, 0.05) is 24.6 Å². The topological polar surface area (TPSA) is 103 Å². The Morgan fingerprint density at radius 1 is 1.12 bits per heavy atom. The molecule has 2 aliphatic heterocycles. The summed E-state index contributed by atoms with van der Waals surface area (Å²) in [6.07, 6.45) is 1.52. The lowest BCUT2D eigenvalue weighted by molar-refractivity contribution is -0.125. The summed E-state index contributed by atoms with van der Waals surface area (Å²) in [6, 6.07) is 9.62. The van der Waals surface area contributed by atoms with Gasteiger partial charge in [0.15, 0.2) is 17.3 Å². The molecular weight excluding hydrogens is 322 g/mol. The van der Waals surface area contributed by atoms with Crippen molar-refractivity contribution in [2.24, 2.45) is 11.8 Å². The molecule has 0 bridgehead atoms. The monoisotopic (exact) mass is 341 g/mol. The van der Waals surface area contributed by atoms with Gasteiger partial charge in [-0.15, -0.1) is 10.2 Å². The fourth-order valence-electron chi connectivity index (χ4n) is 3.19. The summed E-state index contributed by atoms with van der Waals surface area (Å²) in [6.45, 7) is 1.77. The number of hydrogen-bond donors (Lipinski definition) is 2. The Labute approximate surface area is 144 Å². The van der Waals surface area contributed by atoms with E-state index in [1.165, 1.54) is 0 Å². The van der Waals surface area contributed by atoms with Crippen molar-refractivity contribution in [1.29, 1.82) is 0 Å². The van der Waals surface area contributed by atoms with Crippen LogP contribution in [0.5, 0.6) is 11.5 Å². The number of hydrogen-bond acceptors (Lipinski definition) is 7. The number of piperidine rings is 1. The van der Waals surface area contributed by atoms with E-state index in [1.807, 2.05) is 30.3 Å². The second-order valence-electron chi connectivity index (χ2n) is 6.11. The van der Waals surface area contributed by atoms with E-state index in [4.69, 9.17) is 15.3 Å². The molecule has 4 rings (SSSR count). The van der Waals surface area contributed by atoms with Crippen molar-refractivity contribution in [2.45, 2.75) is 12.8 Å². The van der Waals surface area contributed by atoms with Gasteiger partial charge < -0.3 is 14.4 Å². The lowest BCUT2D eigenvalue weighted by Crippen LogP contribution is -2.43. The van der Waals surface area contributed by atoms with E-state index in [9.17, 15) is 4.79 Å². The summed E-state index contributed by atoms with van der Waals surface area (Å²) in [5.41, 5.74) is 3.94. The van der Waals surface area contributed by atoms with Gasteiger partial charge in [-0.3, -0.25) is 10.2 Å². The van der Waals surface area contributed by atoms with Crippen LogP contribution in [0.3, 0.4) is 0 Å². The van der Waals surface area contributed by atoms with Gasteiger partial charge in [0.05, 0.1) is 5.69 Å². The molecule has 8 nitrogen and oxygen atoms in total. The summed E-state index contributed by atoms with van der Waals surface area (Å²) in [5, 5.41) is 8.67. The van der Waals surface area contributed by atoms with Crippen LogP contribution < -0.4 is 25.6 Å². The molecule has 25 heavy (non-hydrogen) atoms. The molecule has 0 aliphatic carbocycles. The number of hydrazine groups is 1. The van der Waals surface area contributed by atoms with Crippen LogP contribution in [0.15, 0.2) is 30.3 Å². The SMILES string of the molecule is NNC(=O)C1CCN(c2ccc(-c3ccc4c(c3)OCO4)nn2)CC1. The highest BCUT2D eigenvalue weighted by Crippen LogP contribution is 2.35. The molecule has 0 saturated carbocycles. The minimum absolute atomic E-state index is 0.0258. The van der Waals surface area contributed by atoms with Crippen molar-refractivity contribution in [3.63, 3.8) is 0 Å². The van der Waals surface area contributed by atoms with E-state index < -0.39 is 0 Å². The van der Waals surface area contributed by atoms with Crippen LogP contribution in [0.1, 0.15) is 12.8 Å². The maximum atomic E-state index is 11.6. The van der Waals surface area contributed by atoms with Crippen LogP contribution in [0.25, 0.3) is 11.3 Å². The Kier molecular flexibility index (Phi) is 4.10. The van der Waals surface area contributed by atoms with Crippen LogP contribution in [-0.4, -0.2) is 36.0 Å².